The van der Waals surface area contributed by atoms with Gasteiger partial charge in [-0.25, -0.2) is 0 Å². The molecule has 3 heterocycles. The van der Waals surface area contributed by atoms with Gasteiger partial charge in [0.25, 0.3) is 5.91 Å². The largest absolute Gasteiger partial charge is 0.416 e. The van der Waals surface area contributed by atoms with E-state index in [9.17, 15) is 18.0 Å². The number of rotatable bonds is 3. The Hall–Kier alpha value is -1.68. The maximum absolute atomic E-state index is 13.1. The molecule has 0 saturated carbocycles. The third-order valence-corrected chi connectivity index (χ3v) is 4.27. The van der Waals surface area contributed by atoms with Crippen LogP contribution in [0.5, 0.6) is 0 Å². The number of aromatic nitrogens is 3. The summed E-state index contributed by atoms with van der Waals surface area (Å²) >= 11 is 0. The number of hydrogen-bond donors (Lipinski definition) is 0. The number of carbonyl (C=O) groups excluding carboxylic acids is 1. The van der Waals surface area contributed by atoms with Crippen LogP contribution in [-0.4, -0.2) is 70.0 Å². The average Bonchev–Trinajstić information content (AvgIpc) is 2.90. The first-order chi connectivity index (χ1) is 11.5. The highest BCUT2D eigenvalue weighted by Crippen LogP contribution is 2.32. The highest BCUT2D eigenvalue weighted by atomic mass is 19.4. The Morgan fingerprint density at radius 1 is 1.36 bits per heavy atom. The molecular weight excluding hydrogens is 341 g/mol. The third-order valence-electron chi connectivity index (χ3n) is 4.27. The maximum Gasteiger partial charge on any atom is 0.416 e. The SMILES string of the molecule is CC1(Cn2cc(C(=O)N3CC(C(F)(F)F)OC(C)(C)C3)nn2)COC1. The third kappa shape index (κ3) is 3.95. The second-order valence-corrected chi connectivity index (χ2v) is 7.70. The molecule has 1 atom stereocenters. The fourth-order valence-electron chi connectivity index (χ4n) is 3.08. The summed E-state index contributed by atoms with van der Waals surface area (Å²) in [7, 11) is 0. The standard InChI is InChI=1S/C15H21F3N4O3/c1-13(2)6-21(5-11(25-13)15(16,17)18)12(23)10-4-22(20-19-10)7-14(3)8-24-9-14/h4,11H,5-9H2,1-3H3. The Kier molecular flexibility index (Phi) is 4.31. The molecule has 0 N–H and O–H groups in total. The van der Waals surface area contributed by atoms with Gasteiger partial charge in [-0.3, -0.25) is 9.48 Å². The molecule has 25 heavy (non-hydrogen) atoms. The van der Waals surface area contributed by atoms with Crippen molar-refractivity contribution < 1.29 is 27.4 Å². The first kappa shape index (κ1) is 18.1. The number of halogens is 3. The highest BCUT2D eigenvalue weighted by molar-refractivity contribution is 5.92. The van der Waals surface area contributed by atoms with E-state index in [0.717, 1.165) is 4.90 Å². The van der Waals surface area contributed by atoms with E-state index in [0.29, 0.717) is 19.8 Å². The van der Waals surface area contributed by atoms with Crippen LogP contribution in [0.4, 0.5) is 13.2 Å². The van der Waals surface area contributed by atoms with Gasteiger partial charge in [-0.2, -0.15) is 13.2 Å². The van der Waals surface area contributed by atoms with Crippen LogP contribution in [-0.2, 0) is 16.0 Å². The Morgan fingerprint density at radius 3 is 2.60 bits per heavy atom. The lowest BCUT2D eigenvalue weighted by molar-refractivity contribution is -0.267. The lowest BCUT2D eigenvalue weighted by Gasteiger charge is -2.42. The molecule has 140 valence electrons. The summed E-state index contributed by atoms with van der Waals surface area (Å²) in [5.74, 6) is -0.577. The number of hydrogen-bond acceptors (Lipinski definition) is 5. The molecule has 1 unspecified atom stereocenters. The van der Waals surface area contributed by atoms with Crippen LogP contribution in [0.15, 0.2) is 6.20 Å². The van der Waals surface area contributed by atoms with Crippen LogP contribution in [0, 0.1) is 5.41 Å². The summed E-state index contributed by atoms with van der Waals surface area (Å²) in [5, 5.41) is 7.74. The maximum atomic E-state index is 13.1. The lowest BCUT2D eigenvalue weighted by Crippen LogP contribution is -2.58. The Labute approximate surface area is 143 Å². The summed E-state index contributed by atoms with van der Waals surface area (Å²) in [5.41, 5.74) is -1.13. The number of morpholine rings is 1. The molecule has 0 radical (unpaired) electrons. The summed E-state index contributed by atoms with van der Waals surface area (Å²) in [6.07, 6.45) is -5.08. The molecule has 2 aliphatic heterocycles. The Morgan fingerprint density at radius 2 is 2.04 bits per heavy atom. The van der Waals surface area contributed by atoms with Crippen LogP contribution in [0.1, 0.15) is 31.3 Å². The first-order valence-electron chi connectivity index (χ1n) is 7.99. The summed E-state index contributed by atoms with van der Waals surface area (Å²) < 4.78 is 50.9. The molecule has 0 aromatic carbocycles. The zero-order valence-corrected chi connectivity index (χ0v) is 14.3. The minimum Gasteiger partial charge on any atom is -0.380 e. The lowest BCUT2D eigenvalue weighted by atomic mass is 9.89. The number of nitrogens with zero attached hydrogens (tertiary/aromatic N) is 4. The number of carbonyl (C=O) groups is 1. The van der Waals surface area contributed by atoms with Crippen LogP contribution in [0.2, 0.25) is 0 Å². The van der Waals surface area contributed by atoms with Crippen LogP contribution in [0.25, 0.3) is 0 Å². The molecule has 0 spiro atoms. The molecule has 0 bridgehead atoms. The molecule has 2 aliphatic rings. The Bertz CT molecular complexity index is 655. The van der Waals surface area contributed by atoms with Gasteiger partial charge in [0, 0.05) is 12.0 Å². The van der Waals surface area contributed by atoms with E-state index in [-0.39, 0.29) is 17.7 Å². The molecular formula is C15H21F3N4O3. The molecule has 0 aliphatic carbocycles. The van der Waals surface area contributed by atoms with E-state index < -0.39 is 30.3 Å². The van der Waals surface area contributed by atoms with Crippen LogP contribution >= 0.6 is 0 Å². The molecule has 1 aromatic rings. The molecule has 10 heteroatoms. The van der Waals surface area contributed by atoms with Gasteiger partial charge < -0.3 is 14.4 Å². The second-order valence-electron chi connectivity index (χ2n) is 7.70. The number of ether oxygens (including phenoxy) is 2. The van der Waals surface area contributed by atoms with Gasteiger partial charge in [0.05, 0.1) is 38.1 Å². The van der Waals surface area contributed by atoms with E-state index in [1.807, 2.05) is 6.92 Å². The Balaban J connectivity index is 1.72. The molecule has 1 amide bonds. The van der Waals surface area contributed by atoms with Crippen molar-refractivity contribution in [2.75, 3.05) is 26.3 Å². The predicted octanol–water partition coefficient (Wildman–Crippen LogP) is 1.50. The molecule has 3 rings (SSSR count). The van der Waals surface area contributed by atoms with Gasteiger partial charge in [0.1, 0.15) is 0 Å². The van der Waals surface area contributed by atoms with Crippen LogP contribution < -0.4 is 0 Å². The number of alkyl halides is 3. The zero-order valence-electron chi connectivity index (χ0n) is 14.3. The van der Waals surface area contributed by atoms with E-state index in [1.165, 1.54) is 24.7 Å². The van der Waals surface area contributed by atoms with Gasteiger partial charge in [-0.1, -0.05) is 12.1 Å². The second kappa shape index (κ2) is 5.94. The fourth-order valence-corrected chi connectivity index (χ4v) is 3.08. The van der Waals surface area contributed by atoms with Crippen molar-refractivity contribution in [2.45, 2.75) is 45.2 Å². The molecule has 7 nitrogen and oxygen atoms in total. The summed E-state index contributed by atoms with van der Waals surface area (Å²) in [6, 6.07) is 0. The molecule has 2 fully saturated rings. The monoisotopic (exact) mass is 362 g/mol. The summed E-state index contributed by atoms with van der Waals surface area (Å²) in [6.45, 7) is 6.31. The topological polar surface area (TPSA) is 69.5 Å². The van der Waals surface area contributed by atoms with Gasteiger partial charge in [-0.15, -0.1) is 5.10 Å². The first-order valence-corrected chi connectivity index (χ1v) is 7.99. The fraction of sp³-hybridized carbons (Fsp3) is 0.800. The van der Waals surface area contributed by atoms with Crippen molar-refractivity contribution in [3.8, 4) is 0 Å². The van der Waals surface area contributed by atoms with Crippen molar-refractivity contribution in [3.63, 3.8) is 0 Å². The van der Waals surface area contributed by atoms with Crippen molar-refractivity contribution in [1.82, 2.24) is 19.9 Å². The van der Waals surface area contributed by atoms with Gasteiger partial charge in [0.15, 0.2) is 11.8 Å². The van der Waals surface area contributed by atoms with E-state index in [2.05, 4.69) is 10.3 Å². The predicted molar refractivity (Wildman–Crippen MR) is 79.9 cm³/mol. The minimum absolute atomic E-state index is 0.0301. The van der Waals surface area contributed by atoms with E-state index in [4.69, 9.17) is 9.47 Å². The van der Waals surface area contributed by atoms with E-state index in [1.54, 1.807) is 0 Å². The van der Waals surface area contributed by atoms with Crippen molar-refractivity contribution >= 4 is 5.91 Å². The van der Waals surface area contributed by atoms with E-state index >= 15 is 0 Å². The van der Waals surface area contributed by atoms with Crippen molar-refractivity contribution in [2.24, 2.45) is 5.41 Å². The highest BCUT2D eigenvalue weighted by Gasteiger charge is 2.49. The van der Waals surface area contributed by atoms with Gasteiger partial charge in [0.2, 0.25) is 0 Å². The minimum atomic E-state index is -4.54. The molecule has 1 aromatic heterocycles. The van der Waals surface area contributed by atoms with Crippen molar-refractivity contribution in [1.29, 1.82) is 0 Å². The van der Waals surface area contributed by atoms with Gasteiger partial charge >= 0.3 is 6.18 Å². The zero-order chi connectivity index (χ0) is 18.5. The van der Waals surface area contributed by atoms with Crippen LogP contribution in [0.3, 0.4) is 0 Å². The normalized spacial score (nSPS) is 25.5. The quantitative estimate of drug-likeness (QED) is 0.815. The number of amides is 1. The van der Waals surface area contributed by atoms with Gasteiger partial charge in [-0.05, 0) is 13.8 Å². The summed E-state index contributed by atoms with van der Waals surface area (Å²) in [4.78, 5) is 13.7. The molecule has 2 saturated heterocycles. The smallest absolute Gasteiger partial charge is 0.380 e. The van der Waals surface area contributed by atoms with Crippen molar-refractivity contribution in [3.05, 3.63) is 11.9 Å². The average molecular weight is 362 g/mol.